The molecule has 0 bridgehead atoms. The number of carbonyl (C=O) groups is 2. The lowest BCUT2D eigenvalue weighted by Gasteiger charge is -2.30. The summed E-state index contributed by atoms with van der Waals surface area (Å²) in [5.74, 6) is 3.62. The van der Waals surface area contributed by atoms with Crippen LogP contribution in [-0.2, 0) is 44.7 Å². The van der Waals surface area contributed by atoms with Crippen LogP contribution in [0, 0.1) is 22.7 Å². The number of aliphatic hydroxyl groups is 4. The number of benzene rings is 6. The molecule has 554 valence electrons. The molecule has 6 aromatic carbocycles. The Labute approximate surface area is 614 Å². The van der Waals surface area contributed by atoms with Crippen molar-refractivity contribution in [3.8, 4) is 56.0 Å². The molecule has 0 aliphatic heterocycles. The maximum absolute atomic E-state index is 13.6. The molecule has 0 amide bonds. The number of esters is 2. The van der Waals surface area contributed by atoms with E-state index in [4.69, 9.17) is 18.9 Å². The zero-order valence-corrected chi connectivity index (χ0v) is 63.4. The summed E-state index contributed by atoms with van der Waals surface area (Å²) in [6.45, 7) is 20.8. The van der Waals surface area contributed by atoms with Gasteiger partial charge in [-0.15, -0.1) is 0 Å². The van der Waals surface area contributed by atoms with Crippen molar-refractivity contribution < 1.29 is 49.0 Å². The normalized spacial score (nSPS) is 16.4. The van der Waals surface area contributed by atoms with Crippen LogP contribution >= 0.6 is 0 Å². The van der Waals surface area contributed by atoms with Crippen LogP contribution in [0.4, 0.5) is 0 Å². The lowest BCUT2D eigenvalue weighted by molar-refractivity contribution is -0.140. The highest BCUT2D eigenvalue weighted by Gasteiger charge is 2.31. The summed E-state index contributed by atoms with van der Waals surface area (Å²) in [6, 6.07) is 44.9. The average Bonchev–Trinajstić information content (AvgIpc) is 0.805. The number of hydrogen-bond acceptors (Lipinski definition) is 10. The highest BCUT2D eigenvalue weighted by Crippen LogP contribution is 2.42. The van der Waals surface area contributed by atoms with Crippen molar-refractivity contribution >= 4 is 11.9 Å². The maximum Gasteiger partial charge on any atom is 0.333 e. The first-order valence-electron chi connectivity index (χ1n) is 39.7. The molecule has 102 heavy (non-hydrogen) atoms. The SMILES string of the molecule is C=C(C)C(=O)OCCCc1cc(-c2ccc(-c3ccc(C4CCC(CCCCC)CC4)cc3)cc2CC)ccc1OCCC(CO)(CO)CCCC(=C)C(=O)OCCCc1cc(-c2ccc(-c3ccc(C4CCC(CCCCC)CC4)cc3)cc2CC)ccc1OCCC(CO)(CO)CCCC. The van der Waals surface area contributed by atoms with Crippen LogP contribution in [0.3, 0.4) is 0 Å². The Morgan fingerprint density at radius 3 is 1.19 bits per heavy atom. The van der Waals surface area contributed by atoms with Crippen LogP contribution in [-0.4, -0.2) is 85.2 Å². The molecule has 2 aliphatic carbocycles. The van der Waals surface area contributed by atoms with E-state index in [1.54, 1.807) is 6.92 Å². The zero-order valence-electron chi connectivity index (χ0n) is 63.4. The molecule has 10 heteroatoms. The van der Waals surface area contributed by atoms with Gasteiger partial charge in [-0.3, -0.25) is 0 Å². The first kappa shape index (κ1) is 80.9. The summed E-state index contributed by atoms with van der Waals surface area (Å²) in [7, 11) is 0. The molecule has 6 aromatic rings. The van der Waals surface area contributed by atoms with Gasteiger partial charge in [-0.25, -0.2) is 9.59 Å². The van der Waals surface area contributed by atoms with E-state index in [9.17, 15) is 30.0 Å². The molecule has 0 spiro atoms. The summed E-state index contributed by atoms with van der Waals surface area (Å²) in [5, 5.41) is 42.5. The molecule has 0 unspecified atom stereocenters. The van der Waals surface area contributed by atoms with Gasteiger partial charge in [-0.2, -0.15) is 0 Å². The molecule has 4 N–H and O–H groups in total. The molecule has 0 heterocycles. The van der Waals surface area contributed by atoms with Gasteiger partial charge in [0.2, 0.25) is 0 Å². The minimum Gasteiger partial charge on any atom is -0.493 e. The largest absolute Gasteiger partial charge is 0.493 e. The smallest absolute Gasteiger partial charge is 0.333 e. The summed E-state index contributed by atoms with van der Waals surface area (Å²) in [6.07, 6.45) is 30.1. The van der Waals surface area contributed by atoms with E-state index >= 15 is 0 Å². The predicted molar refractivity (Wildman–Crippen MR) is 420 cm³/mol. The van der Waals surface area contributed by atoms with Gasteiger partial charge in [0, 0.05) is 22.0 Å². The van der Waals surface area contributed by atoms with Crippen molar-refractivity contribution in [2.75, 3.05) is 52.9 Å². The van der Waals surface area contributed by atoms with Crippen molar-refractivity contribution in [3.05, 3.63) is 179 Å². The van der Waals surface area contributed by atoms with Gasteiger partial charge in [0.25, 0.3) is 0 Å². The third kappa shape index (κ3) is 23.6. The van der Waals surface area contributed by atoms with E-state index in [1.165, 1.54) is 147 Å². The second kappa shape index (κ2) is 42.2. The average molecular weight is 1390 g/mol. The molecule has 2 aliphatic rings. The number of aryl methyl sites for hydroxylation is 4. The Morgan fingerprint density at radius 1 is 0.412 bits per heavy atom. The summed E-state index contributed by atoms with van der Waals surface area (Å²) in [5.41, 5.74) is 15.9. The highest BCUT2D eigenvalue weighted by molar-refractivity contribution is 5.88. The Kier molecular flexibility index (Phi) is 33.5. The third-order valence-electron chi connectivity index (χ3n) is 22.9. The number of unbranched alkanes of at least 4 members (excludes halogenated alkanes) is 5. The van der Waals surface area contributed by atoms with Gasteiger partial charge < -0.3 is 39.4 Å². The zero-order chi connectivity index (χ0) is 72.7. The second-order valence-electron chi connectivity index (χ2n) is 30.4. The van der Waals surface area contributed by atoms with Crippen molar-refractivity contribution in [1.29, 1.82) is 0 Å². The monoisotopic (exact) mass is 1390 g/mol. The Balaban J connectivity index is 0.863. The van der Waals surface area contributed by atoms with Crippen LogP contribution in [0.25, 0.3) is 44.5 Å². The standard InChI is InChI=1S/C92H126O10/c1-9-14-17-23-69-27-31-73(32-28-69)75-35-39-77(40-36-75)79-43-47-85(71(12-4)59-79)81-45-49-87(83(61-81)25-20-55-101-89(97)67(6)7)100-58-54-92(65-95,66-96)52-19-22-68(8)90(98)102-56-21-26-84-62-82(46-50-88(84)99-57-53-91(63-93,64-94)51-16-11-3)86-48-44-80(60-72(86)13-5)78-41-37-76(38-42-78)74-33-29-70(30-34-74)24-18-15-10-2/h35-50,59-62,69-70,73-74,93-96H,6,8-34,51-58,63-66H2,1-5,7H3. The number of carbonyl (C=O) groups excluding carboxylic acids is 2. The second-order valence-corrected chi connectivity index (χ2v) is 30.4. The van der Waals surface area contributed by atoms with E-state index < -0.39 is 22.8 Å². The molecule has 0 atom stereocenters. The quantitative estimate of drug-likeness (QED) is 0.0165. The minimum absolute atomic E-state index is 0.112. The van der Waals surface area contributed by atoms with Gasteiger partial charge in [0.1, 0.15) is 11.5 Å². The lowest BCUT2D eigenvalue weighted by atomic mass is 9.77. The van der Waals surface area contributed by atoms with E-state index in [2.05, 4.69) is 157 Å². The Morgan fingerprint density at radius 2 is 0.794 bits per heavy atom. The van der Waals surface area contributed by atoms with Crippen LogP contribution < -0.4 is 9.47 Å². The minimum atomic E-state index is -0.869. The van der Waals surface area contributed by atoms with E-state index in [0.29, 0.717) is 99.5 Å². The first-order chi connectivity index (χ1) is 49.6. The first-order valence-corrected chi connectivity index (χ1v) is 39.7. The maximum atomic E-state index is 13.6. The van der Waals surface area contributed by atoms with Crippen LogP contribution in [0.2, 0.25) is 0 Å². The molecule has 0 radical (unpaired) electrons. The van der Waals surface area contributed by atoms with Crippen LogP contribution in [0.5, 0.6) is 11.5 Å². The third-order valence-corrected chi connectivity index (χ3v) is 22.9. The van der Waals surface area contributed by atoms with Gasteiger partial charge in [0.15, 0.2) is 0 Å². The van der Waals surface area contributed by atoms with Gasteiger partial charge in [-0.1, -0.05) is 209 Å². The fraction of sp³-hybridized carbons (Fsp3) is 0.543. The molecule has 2 fully saturated rings. The fourth-order valence-electron chi connectivity index (χ4n) is 15.8. The van der Waals surface area contributed by atoms with Crippen molar-refractivity contribution in [2.24, 2.45) is 22.7 Å². The Hall–Kier alpha value is -6.82. The van der Waals surface area contributed by atoms with E-state index in [1.807, 2.05) is 12.1 Å². The molecule has 0 aromatic heterocycles. The van der Waals surface area contributed by atoms with E-state index in [-0.39, 0.29) is 46.2 Å². The highest BCUT2D eigenvalue weighted by atomic mass is 16.5. The summed E-state index contributed by atoms with van der Waals surface area (Å²) >= 11 is 0. The van der Waals surface area contributed by atoms with Crippen molar-refractivity contribution in [2.45, 2.75) is 246 Å². The van der Waals surface area contributed by atoms with Crippen molar-refractivity contribution in [3.63, 3.8) is 0 Å². The number of rotatable bonds is 45. The fourth-order valence-corrected chi connectivity index (χ4v) is 15.8. The number of hydrogen-bond donors (Lipinski definition) is 4. The van der Waals surface area contributed by atoms with Gasteiger partial charge >= 0.3 is 11.9 Å². The topological polar surface area (TPSA) is 152 Å². The molecule has 0 saturated heterocycles. The van der Waals surface area contributed by atoms with Gasteiger partial charge in [-0.05, 0) is 261 Å². The Bertz CT molecular complexity index is 3520. The lowest BCUT2D eigenvalue weighted by Crippen LogP contribution is -2.32. The molecule has 2 saturated carbocycles. The van der Waals surface area contributed by atoms with Crippen LogP contribution in [0.1, 0.15) is 254 Å². The summed E-state index contributed by atoms with van der Waals surface area (Å²) < 4.78 is 24.5. The van der Waals surface area contributed by atoms with Gasteiger partial charge in [0.05, 0.1) is 52.9 Å². The van der Waals surface area contributed by atoms with E-state index in [0.717, 1.165) is 76.6 Å². The summed E-state index contributed by atoms with van der Waals surface area (Å²) in [4.78, 5) is 25.9. The predicted octanol–water partition coefficient (Wildman–Crippen LogP) is 21.8. The molecule has 8 rings (SSSR count). The number of ether oxygens (including phenoxy) is 4. The number of aliphatic hydroxyl groups excluding tert-OH is 4. The molecular weight excluding hydrogens is 1270 g/mol. The van der Waals surface area contributed by atoms with Crippen molar-refractivity contribution in [1.82, 2.24) is 0 Å². The van der Waals surface area contributed by atoms with Crippen LogP contribution in [0.15, 0.2) is 146 Å². The molecule has 10 nitrogen and oxygen atoms in total. The molecular formula is C92H126O10.